The first kappa shape index (κ1) is 20.9. The van der Waals surface area contributed by atoms with Gasteiger partial charge in [0.2, 0.25) is 0 Å². The zero-order valence-corrected chi connectivity index (χ0v) is 16.6. The van der Waals surface area contributed by atoms with Crippen LogP contribution in [0.2, 0.25) is 0 Å². The zero-order valence-electron chi connectivity index (χ0n) is 15.7. The Morgan fingerprint density at radius 3 is 2.77 bits per heavy atom. The molecule has 1 fully saturated rings. The van der Waals surface area contributed by atoms with Crippen molar-refractivity contribution in [1.82, 2.24) is 20.4 Å². The molecule has 0 spiro atoms. The van der Waals surface area contributed by atoms with Crippen LogP contribution in [-0.4, -0.2) is 55.5 Å². The van der Waals surface area contributed by atoms with Crippen LogP contribution in [0, 0.1) is 5.82 Å². The van der Waals surface area contributed by atoms with E-state index in [1.165, 1.54) is 30.6 Å². The molecule has 0 radical (unpaired) electrons. The van der Waals surface area contributed by atoms with Gasteiger partial charge >= 0.3 is 13.9 Å². The number of phosphoric ester groups is 1. The van der Waals surface area contributed by atoms with Crippen molar-refractivity contribution in [3.05, 3.63) is 48.5 Å². The lowest BCUT2D eigenvalue weighted by atomic mass is 10.1. The number of cyclic esters (lactones) is 1. The molecule has 0 unspecified atom stereocenters. The number of phosphoric acid groups is 1. The van der Waals surface area contributed by atoms with Gasteiger partial charge in [-0.2, -0.15) is 10.3 Å². The number of carbonyl (C=O) groups is 1. The smallest absolute Gasteiger partial charge is 0.441 e. The van der Waals surface area contributed by atoms with Crippen LogP contribution < -0.4 is 10.2 Å². The molecule has 2 aromatic heterocycles. The summed E-state index contributed by atoms with van der Waals surface area (Å²) in [4.78, 5) is 34.9. The lowest BCUT2D eigenvalue weighted by Gasteiger charge is -2.14. The second-order valence-electron chi connectivity index (χ2n) is 6.48. The number of carbonyl (C=O) groups excluding carboxylic acids is 1. The van der Waals surface area contributed by atoms with Crippen molar-refractivity contribution in [2.45, 2.75) is 6.10 Å². The van der Waals surface area contributed by atoms with Crippen molar-refractivity contribution in [1.29, 1.82) is 0 Å². The number of benzene rings is 1. The summed E-state index contributed by atoms with van der Waals surface area (Å²) >= 11 is 0. The first-order valence-corrected chi connectivity index (χ1v) is 10.4. The van der Waals surface area contributed by atoms with Gasteiger partial charge in [-0.1, -0.05) is 0 Å². The number of nitrogens with one attached hydrogen (secondary N) is 2. The summed E-state index contributed by atoms with van der Waals surface area (Å²) in [6.07, 6.45) is 1.31. The summed E-state index contributed by atoms with van der Waals surface area (Å²) in [5.74, 6) is 0.398. The monoisotopic (exact) mass is 450 g/mol. The minimum absolute atomic E-state index is 0.0401. The predicted octanol–water partition coefficient (Wildman–Crippen LogP) is 2.18. The third kappa shape index (κ3) is 5.03. The highest BCUT2D eigenvalue weighted by molar-refractivity contribution is 7.46. The van der Waals surface area contributed by atoms with Crippen LogP contribution in [-0.2, 0) is 13.8 Å². The fourth-order valence-corrected chi connectivity index (χ4v) is 3.29. The van der Waals surface area contributed by atoms with Crippen molar-refractivity contribution in [2.75, 3.05) is 23.4 Å². The quantitative estimate of drug-likeness (QED) is 0.392. The molecule has 1 aliphatic heterocycles. The Kier molecular flexibility index (Phi) is 5.65. The highest BCUT2D eigenvalue weighted by Gasteiger charge is 2.34. The van der Waals surface area contributed by atoms with Crippen LogP contribution in [0.1, 0.15) is 0 Å². The maximum absolute atomic E-state index is 14.8. The number of rotatable bonds is 7. The Morgan fingerprint density at radius 2 is 2.13 bits per heavy atom. The normalized spacial score (nSPS) is 16.4. The summed E-state index contributed by atoms with van der Waals surface area (Å²) in [6, 6.07) is 7.53. The second-order valence-corrected chi connectivity index (χ2v) is 7.72. The average Bonchev–Trinajstić information content (AvgIpc) is 3.36. The van der Waals surface area contributed by atoms with Crippen molar-refractivity contribution in [3.63, 3.8) is 0 Å². The molecule has 3 heterocycles. The Hall–Kier alpha value is -3.38. The van der Waals surface area contributed by atoms with E-state index in [4.69, 9.17) is 14.5 Å². The summed E-state index contributed by atoms with van der Waals surface area (Å²) in [7, 11) is -4.69. The predicted molar refractivity (Wildman–Crippen MR) is 105 cm³/mol. The van der Waals surface area contributed by atoms with Crippen LogP contribution in [0.15, 0.2) is 42.7 Å². The van der Waals surface area contributed by atoms with Gasteiger partial charge in [-0.15, -0.1) is 5.10 Å². The molecular formula is C17H16FN6O6P. The molecule has 162 valence electrons. The van der Waals surface area contributed by atoms with Gasteiger partial charge in [0.05, 0.1) is 25.0 Å². The largest absolute Gasteiger partial charge is 0.469 e. The molecule has 1 aromatic carbocycles. The summed E-state index contributed by atoms with van der Waals surface area (Å²) < 4.78 is 34.9. The molecule has 0 bridgehead atoms. The Bertz CT molecular complexity index is 1120. The van der Waals surface area contributed by atoms with Crippen molar-refractivity contribution >= 4 is 31.2 Å². The number of aromatic amines is 1. The van der Waals surface area contributed by atoms with Crippen molar-refractivity contribution in [3.8, 4) is 11.1 Å². The van der Waals surface area contributed by atoms with E-state index < -0.39 is 32.4 Å². The standard InChI is InChI=1S/C17H16FN6O6P/c18-14-5-11(24-8-12(30-17(24)25)9-29-31(26,27)28)2-3-13(14)10-1-4-15(19-6-10)21-16-7-20-23-22-16/h1-7,12H,8-9H2,(H2,26,27,28)(H2,19,20,21,22,23)/t12-/m1/s1. The number of H-pyrrole nitrogens is 1. The van der Waals surface area contributed by atoms with Crippen LogP contribution in [0.25, 0.3) is 11.1 Å². The van der Waals surface area contributed by atoms with Gasteiger partial charge in [-0.25, -0.2) is 18.7 Å². The molecule has 31 heavy (non-hydrogen) atoms. The number of anilines is 3. The number of pyridine rings is 1. The minimum atomic E-state index is -4.69. The number of nitrogens with zero attached hydrogens (tertiary/aromatic N) is 4. The zero-order chi connectivity index (χ0) is 22.0. The van der Waals surface area contributed by atoms with Crippen LogP contribution >= 0.6 is 7.82 Å². The van der Waals surface area contributed by atoms with E-state index in [0.29, 0.717) is 17.2 Å². The van der Waals surface area contributed by atoms with Gasteiger partial charge in [-0.05, 0) is 30.3 Å². The van der Waals surface area contributed by atoms with Crippen molar-refractivity contribution < 1.29 is 32.8 Å². The number of aromatic nitrogens is 4. The molecule has 1 amide bonds. The minimum Gasteiger partial charge on any atom is -0.441 e. The molecule has 4 N–H and O–H groups in total. The summed E-state index contributed by atoms with van der Waals surface area (Å²) in [6.45, 7) is -0.519. The SMILES string of the molecule is O=C1O[C@@H](COP(=O)(O)O)CN1c1ccc(-c2ccc(Nc3cn[nH]n3)nc2)c(F)c1. The van der Waals surface area contributed by atoms with E-state index in [-0.39, 0.29) is 17.8 Å². The lowest BCUT2D eigenvalue weighted by Crippen LogP contribution is -2.25. The van der Waals surface area contributed by atoms with Crippen LogP contribution in [0.5, 0.6) is 0 Å². The van der Waals surface area contributed by atoms with Gasteiger partial charge in [-0.3, -0.25) is 9.42 Å². The van der Waals surface area contributed by atoms with Gasteiger partial charge in [0, 0.05) is 17.3 Å². The van der Waals surface area contributed by atoms with Crippen molar-refractivity contribution in [2.24, 2.45) is 0 Å². The maximum atomic E-state index is 14.8. The summed E-state index contributed by atoms with van der Waals surface area (Å²) in [5.41, 5.74) is 1.03. The van der Waals surface area contributed by atoms with Crippen LogP contribution in [0.4, 0.5) is 26.5 Å². The molecule has 0 saturated carbocycles. The molecule has 12 nitrogen and oxygen atoms in total. The van der Waals surface area contributed by atoms with E-state index in [0.717, 1.165) is 4.90 Å². The molecular weight excluding hydrogens is 434 g/mol. The van der Waals surface area contributed by atoms with E-state index >= 15 is 0 Å². The Balaban J connectivity index is 1.45. The molecule has 3 aromatic rings. The maximum Gasteiger partial charge on any atom is 0.469 e. The molecule has 1 aliphatic rings. The molecule has 14 heteroatoms. The highest BCUT2D eigenvalue weighted by atomic mass is 31.2. The lowest BCUT2D eigenvalue weighted by molar-refractivity contribution is 0.0880. The van der Waals surface area contributed by atoms with E-state index in [1.54, 1.807) is 12.1 Å². The Morgan fingerprint density at radius 1 is 1.29 bits per heavy atom. The fraction of sp³-hybridized carbons (Fsp3) is 0.176. The van der Waals surface area contributed by atoms with E-state index in [1.807, 2.05) is 0 Å². The third-order valence-corrected chi connectivity index (χ3v) is 4.80. The van der Waals surface area contributed by atoms with E-state index in [2.05, 4.69) is 30.2 Å². The van der Waals surface area contributed by atoms with Gasteiger partial charge in [0.25, 0.3) is 0 Å². The van der Waals surface area contributed by atoms with Gasteiger partial charge in [0.1, 0.15) is 17.7 Å². The second kappa shape index (κ2) is 8.40. The highest BCUT2D eigenvalue weighted by Crippen LogP contribution is 2.37. The molecule has 4 rings (SSSR count). The number of halogens is 1. The molecule has 0 aliphatic carbocycles. The van der Waals surface area contributed by atoms with Gasteiger partial charge < -0.3 is 19.8 Å². The third-order valence-electron chi connectivity index (χ3n) is 4.31. The fourth-order valence-electron chi connectivity index (χ4n) is 2.93. The number of amides is 1. The first-order chi connectivity index (χ1) is 14.8. The van der Waals surface area contributed by atoms with Crippen LogP contribution in [0.3, 0.4) is 0 Å². The topological polar surface area (TPSA) is 163 Å². The summed E-state index contributed by atoms with van der Waals surface area (Å²) in [5, 5.41) is 12.9. The number of hydrogen-bond acceptors (Lipinski definition) is 8. The molecule has 1 atom stereocenters. The average molecular weight is 450 g/mol. The first-order valence-electron chi connectivity index (χ1n) is 8.85. The Labute approximate surface area is 174 Å². The number of hydrogen-bond donors (Lipinski definition) is 4. The number of ether oxygens (including phenoxy) is 1. The van der Waals surface area contributed by atoms with E-state index in [9.17, 15) is 13.8 Å². The molecule has 1 saturated heterocycles. The van der Waals surface area contributed by atoms with Gasteiger partial charge in [0.15, 0.2) is 5.82 Å².